The molecule has 0 saturated carbocycles. The monoisotopic (exact) mass is 374 g/mol. The Labute approximate surface area is 164 Å². The van der Waals surface area contributed by atoms with Crippen molar-refractivity contribution in [3.8, 4) is 11.5 Å². The van der Waals surface area contributed by atoms with Crippen LogP contribution in [0.3, 0.4) is 0 Å². The van der Waals surface area contributed by atoms with Crippen LogP contribution in [0, 0.1) is 0 Å². The number of carbonyl (C=O) groups is 1. The molecule has 0 aliphatic carbocycles. The lowest BCUT2D eigenvalue weighted by molar-refractivity contribution is -0.118. The molecule has 1 amide bonds. The highest BCUT2D eigenvalue weighted by Gasteiger charge is 2.39. The lowest BCUT2D eigenvalue weighted by atomic mass is 10.0. The summed E-state index contributed by atoms with van der Waals surface area (Å²) in [6, 6.07) is 23.0. The normalized spacial score (nSPS) is 15.3. The van der Waals surface area contributed by atoms with E-state index in [9.17, 15) is 4.79 Å². The van der Waals surface area contributed by atoms with E-state index < -0.39 is 6.04 Å². The molecule has 0 bridgehead atoms. The van der Waals surface area contributed by atoms with Gasteiger partial charge in [0.05, 0.1) is 14.2 Å². The van der Waals surface area contributed by atoms with E-state index in [0.29, 0.717) is 0 Å². The number of benzene rings is 3. The molecule has 1 aliphatic heterocycles. The zero-order chi connectivity index (χ0) is 19.7. The Hall–Kier alpha value is -3.47. The lowest BCUT2D eigenvalue weighted by Crippen LogP contribution is -2.33. The second-order valence-electron chi connectivity index (χ2n) is 6.62. The molecule has 0 saturated heterocycles. The minimum atomic E-state index is -0.442. The van der Waals surface area contributed by atoms with Crippen LogP contribution in [0.15, 0.2) is 72.8 Å². The largest absolute Gasteiger partial charge is 0.497 e. The Morgan fingerprint density at radius 1 is 0.786 bits per heavy atom. The van der Waals surface area contributed by atoms with Gasteiger partial charge in [0.2, 0.25) is 0 Å². The van der Waals surface area contributed by atoms with Gasteiger partial charge in [-0.1, -0.05) is 18.2 Å². The highest BCUT2D eigenvalue weighted by Crippen LogP contribution is 2.44. The first-order valence-corrected chi connectivity index (χ1v) is 9.08. The second kappa shape index (κ2) is 7.27. The van der Waals surface area contributed by atoms with Crippen LogP contribution in [-0.2, 0) is 4.79 Å². The minimum Gasteiger partial charge on any atom is -0.497 e. The van der Waals surface area contributed by atoms with Gasteiger partial charge in [-0.3, -0.25) is 4.79 Å². The fraction of sp³-hybridized carbons (Fsp3) is 0.174. The number of para-hydroxylation sites is 1. The molecule has 28 heavy (non-hydrogen) atoms. The summed E-state index contributed by atoms with van der Waals surface area (Å²) in [5.41, 5.74) is 3.75. The highest BCUT2D eigenvalue weighted by molar-refractivity contribution is 6.07. The van der Waals surface area contributed by atoms with Gasteiger partial charge in [-0.05, 0) is 54.6 Å². The predicted octanol–water partition coefficient (Wildman–Crippen LogP) is 4.56. The topological polar surface area (TPSA) is 42.0 Å². The van der Waals surface area contributed by atoms with Gasteiger partial charge in [-0.25, -0.2) is 0 Å². The number of carbonyl (C=O) groups excluding carboxylic acids is 1. The molecule has 1 aliphatic rings. The fourth-order valence-corrected chi connectivity index (χ4v) is 3.64. The van der Waals surface area contributed by atoms with E-state index in [0.717, 1.165) is 34.1 Å². The van der Waals surface area contributed by atoms with E-state index in [2.05, 4.69) is 4.90 Å². The summed E-state index contributed by atoms with van der Waals surface area (Å²) in [4.78, 5) is 17.0. The lowest BCUT2D eigenvalue weighted by Gasteiger charge is -2.31. The quantitative estimate of drug-likeness (QED) is 0.657. The van der Waals surface area contributed by atoms with Crippen LogP contribution < -0.4 is 19.3 Å². The van der Waals surface area contributed by atoms with Gasteiger partial charge in [0, 0.05) is 29.7 Å². The molecule has 0 fully saturated rings. The number of fused-ring (bicyclic) bond motifs is 1. The third-order valence-corrected chi connectivity index (χ3v) is 5.12. The van der Waals surface area contributed by atoms with E-state index in [1.165, 1.54) is 0 Å². The number of hydrogen-bond acceptors (Lipinski definition) is 4. The summed E-state index contributed by atoms with van der Waals surface area (Å²) >= 11 is 0. The molecule has 5 heteroatoms. The zero-order valence-corrected chi connectivity index (χ0v) is 16.1. The number of anilines is 3. The van der Waals surface area contributed by atoms with Crippen molar-refractivity contribution in [2.24, 2.45) is 0 Å². The van der Waals surface area contributed by atoms with Crippen LogP contribution in [0.5, 0.6) is 11.5 Å². The molecular formula is C23H22N2O3. The molecule has 1 heterocycles. The second-order valence-corrected chi connectivity index (χ2v) is 6.62. The molecule has 4 rings (SSSR count). The van der Waals surface area contributed by atoms with Gasteiger partial charge >= 0.3 is 0 Å². The molecule has 0 spiro atoms. The van der Waals surface area contributed by atoms with Crippen LogP contribution in [0.1, 0.15) is 11.6 Å². The summed E-state index contributed by atoms with van der Waals surface area (Å²) in [5, 5.41) is 0. The van der Waals surface area contributed by atoms with E-state index in [1.54, 1.807) is 19.1 Å². The Kier molecular flexibility index (Phi) is 4.65. The van der Waals surface area contributed by atoms with Gasteiger partial charge in [0.15, 0.2) is 0 Å². The zero-order valence-electron chi connectivity index (χ0n) is 16.1. The summed E-state index contributed by atoms with van der Waals surface area (Å²) < 4.78 is 10.6. The molecule has 0 radical (unpaired) electrons. The predicted molar refractivity (Wildman–Crippen MR) is 111 cm³/mol. The SMILES string of the molecule is COc1ccc(N(c2ccc(OC)cc2)C2C(=O)N(C)c3ccccc32)cc1. The van der Waals surface area contributed by atoms with Crippen LogP contribution in [0.2, 0.25) is 0 Å². The van der Waals surface area contributed by atoms with Crippen molar-refractivity contribution in [1.29, 1.82) is 0 Å². The average molecular weight is 374 g/mol. The Bertz CT molecular complexity index is 936. The Morgan fingerprint density at radius 3 is 1.79 bits per heavy atom. The molecule has 0 aromatic heterocycles. The van der Waals surface area contributed by atoms with Gasteiger partial charge < -0.3 is 19.3 Å². The first kappa shape index (κ1) is 17.9. The molecule has 3 aromatic rings. The number of likely N-dealkylation sites (N-methyl/N-ethyl adjacent to an activating group) is 1. The number of amides is 1. The number of methoxy groups -OCH3 is 2. The first-order chi connectivity index (χ1) is 13.6. The third kappa shape index (κ3) is 2.95. The standard InChI is InChI=1S/C23H22N2O3/c1-24-21-7-5-4-6-20(21)22(23(24)26)25(16-8-12-18(27-2)13-9-16)17-10-14-19(28-3)15-11-17/h4-15,22H,1-3H3. The van der Waals surface area contributed by atoms with E-state index >= 15 is 0 Å². The average Bonchev–Trinajstić information content (AvgIpc) is 3.00. The third-order valence-electron chi connectivity index (χ3n) is 5.12. The minimum absolute atomic E-state index is 0.0350. The van der Waals surface area contributed by atoms with Crippen LogP contribution in [0.25, 0.3) is 0 Å². The van der Waals surface area contributed by atoms with Crippen molar-refractivity contribution >= 4 is 23.0 Å². The van der Waals surface area contributed by atoms with Crippen molar-refractivity contribution < 1.29 is 14.3 Å². The number of ether oxygens (including phenoxy) is 2. The molecule has 5 nitrogen and oxygen atoms in total. The summed E-state index contributed by atoms with van der Waals surface area (Å²) in [7, 11) is 5.10. The number of nitrogens with zero attached hydrogens (tertiary/aromatic N) is 2. The molecule has 1 atom stereocenters. The van der Waals surface area contributed by atoms with Gasteiger partial charge in [-0.15, -0.1) is 0 Å². The fourth-order valence-electron chi connectivity index (χ4n) is 3.64. The maximum absolute atomic E-state index is 13.2. The number of hydrogen-bond donors (Lipinski definition) is 0. The summed E-state index contributed by atoms with van der Waals surface area (Å²) in [5.74, 6) is 1.58. The number of rotatable bonds is 5. The Balaban J connectivity index is 1.86. The van der Waals surface area contributed by atoms with Crippen molar-refractivity contribution in [3.63, 3.8) is 0 Å². The molecule has 142 valence electrons. The smallest absolute Gasteiger partial charge is 0.254 e. The van der Waals surface area contributed by atoms with Crippen molar-refractivity contribution in [3.05, 3.63) is 78.4 Å². The molecule has 1 unspecified atom stereocenters. The van der Waals surface area contributed by atoms with Crippen LogP contribution >= 0.6 is 0 Å². The van der Waals surface area contributed by atoms with E-state index in [4.69, 9.17) is 9.47 Å². The first-order valence-electron chi connectivity index (χ1n) is 9.08. The van der Waals surface area contributed by atoms with Gasteiger partial charge in [0.1, 0.15) is 17.5 Å². The van der Waals surface area contributed by atoms with Crippen molar-refractivity contribution in [2.45, 2.75) is 6.04 Å². The molecular weight excluding hydrogens is 352 g/mol. The van der Waals surface area contributed by atoms with Gasteiger partial charge in [-0.2, -0.15) is 0 Å². The van der Waals surface area contributed by atoms with E-state index in [1.807, 2.05) is 79.8 Å². The Morgan fingerprint density at radius 2 is 1.29 bits per heavy atom. The summed E-state index contributed by atoms with van der Waals surface area (Å²) in [6.45, 7) is 0. The van der Waals surface area contributed by atoms with Crippen LogP contribution in [-0.4, -0.2) is 27.2 Å². The molecule has 0 N–H and O–H groups in total. The van der Waals surface area contributed by atoms with Crippen LogP contribution in [0.4, 0.5) is 17.1 Å². The van der Waals surface area contributed by atoms with Crippen molar-refractivity contribution in [2.75, 3.05) is 31.1 Å². The van der Waals surface area contributed by atoms with Crippen molar-refractivity contribution in [1.82, 2.24) is 0 Å². The molecule has 3 aromatic carbocycles. The summed E-state index contributed by atoms with van der Waals surface area (Å²) in [6.07, 6.45) is 0. The van der Waals surface area contributed by atoms with Gasteiger partial charge in [0.25, 0.3) is 5.91 Å². The maximum Gasteiger partial charge on any atom is 0.254 e. The maximum atomic E-state index is 13.2. The highest BCUT2D eigenvalue weighted by atomic mass is 16.5. The van der Waals surface area contributed by atoms with E-state index in [-0.39, 0.29) is 5.91 Å².